The molecule has 5 nitrogen and oxygen atoms in total. The van der Waals surface area contributed by atoms with Crippen molar-refractivity contribution < 1.29 is 9.21 Å². The Morgan fingerprint density at radius 3 is 2.65 bits per heavy atom. The van der Waals surface area contributed by atoms with Crippen molar-refractivity contribution >= 4 is 23.4 Å². The molecule has 0 bridgehead atoms. The van der Waals surface area contributed by atoms with Gasteiger partial charge in [-0.15, -0.1) is 11.8 Å². The molecule has 1 atom stereocenters. The third-order valence-corrected chi connectivity index (χ3v) is 5.05. The normalized spacial score (nSPS) is 16.9. The van der Waals surface area contributed by atoms with Gasteiger partial charge in [0.25, 0.3) is 5.91 Å². The fourth-order valence-electron chi connectivity index (χ4n) is 3.02. The third-order valence-electron chi connectivity index (χ3n) is 4.32. The van der Waals surface area contributed by atoms with Crippen LogP contribution in [0.15, 0.2) is 69.0 Å². The number of aryl methyl sites for hydroxylation is 1. The number of carbonyl (C=O) groups excluding carboxylic acids is 1. The van der Waals surface area contributed by atoms with E-state index in [0.717, 1.165) is 16.3 Å². The Bertz CT molecular complexity index is 936. The largest absolute Gasteiger partial charge is 0.468 e. The van der Waals surface area contributed by atoms with Crippen molar-refractivity contribution in [2.75, 3.05) is 11.6 Å². The summed E-state index contributed by atoms with van der Waals surface area (Å²) in [6.07, 6.45) is 3.45. The predicted molar refractivity (Wildman–Crippen MR) is 103 cm³/mol. The lowest BCUT2D eigenvalue weighted by molar-refractivity contribution is -0.113. The van der Waals surface area contributed by atoms with Gasteiger partial charge in [-0.05, 0) is 43.9 Å². The fourth-order valence-corrected chi connectivity index (χ4v) is 3.66. The maximum atomic E-state index is 13.1. The molecule has 0 radical (unpaired) electrons. The molecule has 3 rings (SSSR count). The van der Waals surface area contributed by atoms with E-state index in [0.29, 0.717) is 22.6 Å². The average Bonchev–Trinajstić information content (AvgIpc) is 3.16. The van der Waals surface area contributed by atoms with Crippen LogP contribution in [-0.2, 0) is 4.79 Å². The Hall–Kier alpha value is -2.91. The monoisotopic (exact) mass is 365 g/mol. The van der Waals surface area contributed by atoms with Crippen LogP contribution in [0.25, 0.3) is 0 Å². The number of thioether (sulfide) groups is 1. The lowest BCUT2D eigenvalue weighted by Gasteiger charge is -2.28. The van der Waals surface area contributed by atoms with Gasteiger partial charge in [-0.25, -0.2) is 0 Å². The Balaban J connectivity index is 2.05. The highest BCUT2D eigenvalue weighted by Crippen LogP contribution is 2.40. The molecule has 1 aromatic carbocycles. The van der Waals surface area contributed by atoms with Crippen molar-refractivity contribution in [3.8, 4) is 6.07 Å². The molecule has 26 heavy (non-hydrogen) atoms. The average molecular weight is 365 g/mol. The van der Waals surface area contributed by atoms with Gasteiger partial charge in [0.2, 0.25) is 0 Å². The molecule has 2 N–H and O–H groups in total. The van der Waals surface area contributed by atoms with Crippen LogP contribution >= 0.6 is 11.8 Å². The van der Waals surface area contributed by atoms with Crippen molar-refractivity contribution in [3.63, 3.8) is 0 Å². The summed E-state index contributed by atoms with van der Waals surface area (Å²) in [4.78, 5) is 13.1. The number of allylic oxidation sites excluding steroid dienone is 2. The molecule has 1 amide bonds. The van der Waals surface area contributed by atoms with Gasteiger partial charge in [-0.2, -0.15) is 5.26 Å². The van der Waals surface area contributed by atoms with Crippen molar-refractivity contribution in [3.05, 3.63) is 75.9 Å². The topological polar surface area (TPSA) is 78.1 Å². The molecule has 2 heterocycles. The van der Waals surface area contributed by atoms with Crippen LogP contribution in [0.3, 0.4) is 0 Å². The van der Waals surface area contributed by atoms with Gasteiger partial charge < -0.3 is 15.1 Å². The van der Waals surface area contributed by atoms with Crippen LogP contribution in [-0.4, -0.2) is 12.2 Å². The van der Waals surface area contributed by atoms with Crippen LogP contribution in [0.1, 0.15) is 24.2 Å². The van der Waals surface area contributed by atoms with Gasteiger partial charge in [-0.3, -0.25) is 4.79 Å². The number of anilines is 1. The second-order valence-corrected chi connectivity index (χ2v) is 6.76. The number of carbonyl (C=O) groups is 1. The molecule has 2 aromatic rings. The lowest BCUT2D eigenvalue weighted by Crippen LogP contribution is -2.30. The summed E-state index contributed by atoms with van der Waals surface area (Å²) in [6.45, 7) is 3.78. The molecular weight excluding hydrogens is 346 g/mol. The van der Waals surface area contributed by atoms with E-state index in [1.165, 1.54) is 11.8 Å². The molecule has 0 aliphatic carbocycles. The van der Waals surface area contributed by atoms with Crippen LogP contribution in [0.4, 0.5) is 5.69 Å². The number of hydrogen-bond acceptors (Lipinski definition) is 5. The summed E-state index contributed by atoms with van der Waals surface area (Å²) in [5, 5.41) is 16.6. The zero-order valence-electron chi connectivity index (χ0n) is 14.8. The first kappa shape index (κ1) is 17.9. The zero-order valence-corrected chi connectivity index (χ0v) is 15.6. The first-order valence-corrected chi connectivity index (χ1v) is 9.35. The number of rotatable bonds is 4. The van der Waals surface area contributed by atoms with Gasteiger partial charge in [0, 0.05) is 11.4 Å². The second-order valence-electron chi connectivity index (χ2n) is 5.94. The number of nitriles is 1. The van der Waals surface area contributed by atoms with Crippen LogP contribution in [0.5, 0.6) is 0 Å². The van der Waals surface area contributed by atoms with Crippen molar-refractivity contribution in [2.45, 2.75) is 19.8 Å². The molecule has 1 unspecified atom stereocenters. The van der Waals surface area contributed by atoms with Crippen LogP contribution in [0.2, 0.25) is 0 Å². The highest BCUT2D eigenvalue weighted by molar-refractivity contribution is 8.02. The number of para-hydroxylation sites is 1. The summed E-state index contributed by atoms with van der Waals surface area (Å²) in [5.74, 6) is -0.217. The Labute approximate surface area is 156 Å². The minimum Gasteiger partial charge on any atom is -0.468 e. The number of nitrogens with zero attached hydrogens (tertiary/aromatic N) is 1. The predicted octanol–water partition coefficient (Wildman–Crippen LogP) is 4.29. The van der Waals surface area contributed by atoms with E-state index >= 15 is 0 Å². The molecule has 0 fully saturated rings. The first-order chi connectivity index (χ1) is 12.6. The standard InChI is InChI=1S/C20H19N3O2S/c1-12-7-4-5-8-15(12)23-19(24)17-13(2)22-20(26-3)14(11-21)18(17)16-9-6-10-25-16/h4-10,18,22H,1-3H3,(H,23,24). The summed E-state index contributed by atoms with van der Waals surface area (Å²) < 4.78 is 5.56. The Morgan fingerprint density at radius 1 is 1.27 bits per heavy atom. The zero-order chi connectivity index (χ0) is 18.7. The number of amides is 1. The molecule has 1 aliphatic heterocycles. The Kier molecular flexibility index (Phi) is 5.19. The minimum atomic E-state index is -0.539. The maximum absolute atomic E-state index is 13.1. The molecule has 0 saturated carbocycles. The molecule has 1 aromatic heterocycles. The van der Waals surface area contributed by atoms with E-state index in [1.807, 2.05) is 44.4 Å². The quantitative estimate of drug-likeness (QED) is 0.845. The summed E-state index contributed by atoms with van der Waals surface area (Å²) >= 11 is 1.44. The van der Waals surface area contributed by atoms with Gasteiger partial charge in [-0.1, -0.05) is 18.2 Å². The summed E-state index contributed by atoms with van der Waals surface area (Å²) in [5.41, 5.74) is 3.39. The molecule has 0 spiro atoms. The minimum absolute atomic E-state index is 0.251. The maximum Gasteiger partial charge on any atom is 0.254 e. The van der Waals surface area contributed by atoms with Gasteiger partial charge in [0.05, 0.1) is 34.4 Å². The highest BCUT2D eigenvalue weighted by Gasteiger charge is 2.36. The van der Waals surface area contributed by atoms with Gasteiger partial charge in [0.1, 0.15) is 5.76 Å². The number of furan rings is 1. The van der Waals surface area contributed by atoms with E-state index in [1.54, 1.807) is 18.4 Å². The first-order valence-electron chi connectivity index (χ1n) is 8.13. The summed E-state index contributed by atoms with van der Waals surface area (Å²) in [6, 6.07) is 13.4. The molecule has 6 heteroatoms. The number of dihydropyridines is 1. The molecule has 132 valence electrons. The second kappa shape index (κ2) is 7.54. The van der Waals surface area contributed by atoms with Crippen LogP contribution < -0.4 is 10.6 Å². The molecular formula is C20H19N3O2S. The van der Waals surface area contributed by atoms with Crippen molar-refractivity contribution in [2.24, 2.45) is 0 Å². The number of nitrogens with one attached hydrogen (secondary N) is 2. The fraction of sp³-hybridized carbons (Fsp3) is 0.200. The molecule has 1 aliphatic rings. The molecule has 0 saturated heterocycles. The van der Waals surface area contributed by atoms with Crippen molar-refractivity contribution in [1.29, 1.82) is 5.26 Å². The van der Waals surface area contributed by atoms with Crippen molar-refractivity contribution in [1.82, 2.24) is 5.32 Å². The third kappa shape index (κ3) is 3.26. The lowest BCUT2D eigenvalue weighted by atomic mass is 9.85. The SMILES string of the molecule is CSC1=C(C#N)C(c2ccco2)C(C(=O)Nc2ccccc2C)=C(C)N1. The number of benzene rings is 1. The van der Waals surface area contributed by atoms with Crippen LogP contribution in [0, 0.1) is 18.3 Å². The van der Waals surface area contributed by atoms with E-state index in [-0.39, 0.29) is 5.91 Å². The smallest absolute Gasteiger partial charge is 0.254 e. The number of hydrogen-bond donors (Lipinski definition) is 2. The highest BCUT2D eigenvalue weighted by atomic mass is 32.2. The van der Waals surface area contributed by atoms with Gasteiger partial charge >= 0.3 is 0 Å². The van der Waals surface area contributed by atoms with E-state index in [9.17, 15) is 10.1 Å². The van der Waals surface area contributed by atoms with E-state index < -0.39 is 5.92 Å². The van der Waals surface area contributed by atoms with E-state index in [4.69, 9.17) is 4.42 Å². The summed E-state index contributed by atoms with van der Waals surface area (Å²) in [7, 11) is 0. The van der Waals surface area contributed by atoms with E-state index in [2.05, 4.69) is 16.7 Å². The Morgan fingerprint density at radius 2 is 2.04 bits per heavy atom. The van der Waals surface area contributed by atoms with Gasteiger partial charge in [0.15, 0.2) is 0 Å².